The fourth-order valence-electron chi connectivity index (χ4n) is 1.08. The molecule has 1 aliphatic rings. The summed E-state index contributed by atoms with van der Waals surface area (Å²) < 4.78 is 0. The first-order valence-corrected chi connectivity index (χ1v) is 4.03. The van der Waals surface area contributed by atoms with Crippen LogP contribution in [-0.2, 0) is 0 Å². The van der Waals surface area contributed by atoms with Gasteiger partial charge in [0.15, 0.2) is 0 Å². The average molecular weight is 145 g/mol. The third-order valence-electron chi connectivity index (χ3n) is 1.89. The summed E-state index contributed by atoms with van der Waals surface area (Å²) in [6.07, 6.45) is 2.80. The Morgan fingerprint density at radius 1 is 1.60 bits per heavy atom. The van der Waals surface area contributed by atoms with Crippen LogP contribution in [0.5, 0.6) is 0 Å². The van der Waals surface area contributed by atoms with Gasteiger partial charge in [-0.1, -0.05) is 0 Å². The molecule has 0 saturated carbocycles. The molecule has 0 unspecified atom stereocenters. The van der Waals surface area contributed by atoms with Crippen molar-refractivity contribution in [1.82, 2.24) is 4.90 Å². The van der Waals surface area contributed by atoms with Crippen LogP contribution in [-0.4, -0.2) is 36.2 Å². The summed E-state index contributed by atoms with van der Waals surface area (Å²) >= 11 is 0. The van der Waals surface area contributed by atoms with Crippen molar-refractivity contribution in [1.29, 1.82) is 0 Å². The second-order valence-corrected chi connectivity index (χ2v) is 2.79. The summed E-state index contributed by atoms with van der Waals surface area (Å²) in [6, 6.07) is 0.847. The van der Waals surface area contributed by atoms with E-state index in [1.54, 1.807) is 6.92 Å². The second-order valence-electron chi connectivity index (χ2n) is 2.79. The quantitative estimate of drug-likeness (QED) is 0.551. The molecule has 0 amide bonds. The van der Waals surface area contributed by atoms with Gasteiger partial charge in [0.1, 0.15) is 0 Å². The van der Waals surface area contributed by atoms with Crippen molar-refractivity contribution in [2.24, 2.45) is 0 Å². The highest BCUT2D eigenvalue weighted by atomic mass is 16.2. The molecule has 0 aromatic heterocycles. The Morgan fingerprint density at radius 2 is 2.10 bits per heavy atom. The summed E-state index contributed by atoms with van der Waals surface area (Å²) in [5.74, 6) is 0. The highest BCUT2D eigenvalue weighted by Gasteiger charge is 2.14. The van der Waals surface area contributed by atoms with Crippen molar-refractivity contribution in [3.05, 3.63) is 0 Å². The Bertz CT molecular complexity index is 67.7. The Balaban J connectivity index is 0.000000236. The summed E-state index contributed by atoms with van der Waals surface area (Å²) in [5.41, 5.74) is 0. The van der Waals surface area contributed by atoms with Crippen molar-refractivity contribution in [3.63, 3.8) is 0 Å². The Labute approximate surface area is 63.8 Å². The minimum Gasteiger partial charge on any atom is -0.397 e. The van der Waals surface area contributed by atoms with Crippen LogP contribution in [0.4, 0.5) is 0 Å². The summed E-state index contributed by atoms with van der Waals surface area (Å²) in [4.78, 5) is 2.40. The molecule has 0 bridgehead atoms. The zero-order chi connectivity index (χ0) is 7.98. The topological polar surface area (TPSA) is 23.5 Å². The number of likely N-dealkylation sites (tertiary alicyclic amines) is 1. The van der Waals surface area contributed by atoms with Gasteiger partial charge in [0.25, 0.3) is 0 Å². The van der Waals surface area contributed by atoms with E-state index >= 15 is 0 Å². The van der Waals surface area contributed by atoms with E-state index in [1.807, 2.05) is 0 Å². The Hall–Kier alpha value is -0.0800. The molecule has 1 fully saturated rings. The average Bonchev–Trinajstić information content (AvgIpc) is 2.19. The van der Waals surface area contributed by atoms with Crippen molar-refractivity contribution in [2.75, 3.05) is 20.2 Å². The molecule has 0 spiro atoms. The maximum atomic E-state index is 7.57. The third kappa shape index (κ3) is 3.85. The van der Waals surface area contributed by atoms with E-state index in [-0.39, 0.29) is 6.61 Å². The van der Waals surface area contributed by atoms with Gasteiger partial charge in [-0.3, -0.25) is 0 Å². The molecule has 1 heterocycles. The minimum absolute atomic E-state index is 0.250. The van der Waals surface area contributed by atoms with Crippen LogP contribution in [0.1, 0.15) is 26.7 Å². The SMILES string of the molecule is CCO.C[C@@H]1CCCN1C. The van der Waals surface area contributed by atoms with Crippen LogP contribution in [0, 0.1) is 0 Å². The molecule has 1 atom stereocenters. The molecule has 0 radical (unpaired) electrons. The molecule has 2 nitrogen and oxygen atoms in total. The van der Waals surface area contributed by atoms with Gasteiger partial charge in [0.05, 0.1) is 0 Å². The van der Waals surface area contributed by atoms with E-state index in [9.17, 15) is 0 Å². The molecule has 1 saturated heterocycles. The lowest BCUT2D eigenvalue weighted by Gasteiger charge is -2.12. The van der Waals surface area contributed by atoms with Crippen LogP contribution in [0.25, 0.3) is 0 Å². The van der Waals surface area contributed by atoms with Gasteiger partial charge in [-0.25, -0.2) is 0 Å². The van der Waals surface area contributed by atoms with Gasteiger partial charge in [0.2, 0.25) is 0 Å². The number of nitrogens with zero attached hydrogens (tertiary/aromatic N) is 1. The zero-order valence-electron chi connectivity index (χ0n) is 7.30. The summed E-state index contributed by atoms with van der Waals surface area (Å²) in [7, 11) is 2.19. The van der Waals surface area contributed by atoms with E-state index in [2.05, 4.69) is 18.9 Å². The molecule has 1 rings (SSSR count). The van der Waals surface area contributed by atoms with Gasteiger partial charge in [-0.15, -0.1) is 0 Å². The molecular weight excluding hydrogens is 126 g/mol. The van der Waals surface area contributed by atoms with Gasteiger partial charge in [-0.2, -0.15) is 0 Å². The second kappa shape index (κ2) is 5.69. The maximum absolute atomic E-state index is 7.57. The zero-order valence-corrected chi connectivity index (χ0v) is 7.30. The van der Waals surface area contributed by atoms with Crippen LogP contribution in [0.15, 0.2) is 0 Å². The monoisotopic (exact) mass is 145 g/mol. The van der Waals surface area contributed by atoms with Gasteiger partial charge >= 0.3 is 0 Å². The maximum Gasteiger partial charge on any atom is 0.0402 e. The van der Waals surface area contributed by atoms with Crippen LogP contribution in [0.2, 0.25) is 0 Å². The molecule has 10 heavy (non-hydrogen) atoms. The first-order valence-electron chi connectivity index (χ1n) is 4.03. The minimum atomic E-state index is 0.250. The largest absolute Gasteiger partial charge is 0.397 e. The number of aliphatic hydroxyl groups is 1. The first kappa shape index (κ1) is 9.92. The van der Waals surface area contributed by atoms with Crippen molar-refractivity contribution < 1.29 is 5.11 Å². The predicted octanol–water partition coefficient (Wildman–Crippen LogP) is 1.10. The van der Waals surface area contributed by atoms with Crippen LogP contribution in [0.3, 0.4) is 0 Å². The lowest BCUT2D eigenvalue weighted by atomic mass is 10.3. The fourth-order valence-corrected chi connectivity index (χ4v) is 1.08. The van der Waals surface area contributed by atoms with E-state index in [1.165, 1.54) is 19.4 Å². The number of rotatable bonds is 0. The molecule has 62 valence electrons. The highest BCUT2D eigenvalue weighted by Crippen LogP contribution is 2.12. The third-order valence-corrected chi connectivity index (χ3v) is 1.89. The van der Waals surface area contributed by atoms with Crippen molar-refractivity contribution >= 4 is 0 Å². The molecule has 1 N–H and O–H groups in total. The van der Waals surface area contributed by atoms with Gasteiger partial charge < -0.3 is 10.0 Å². The van der Waals surface area contributed by atoms with Crippen molar-refractivity contribution in [2.45, 2.75) is 32.7 Å². The van der Waals surface area contributed by atoms with E-state index in [0.717, 1.165) is 6.04 Å². The van der Waals surface area contributed by atoms with E-state index in [4.69, 9.17) is 5.11 Å². The molecule has 0 aromatic carbocycles. The molecular formula is C8H19NO. The summed E-state index contributed by atoms with van der Waals surface area (Å²) in [5, 5.41) is 7.57. The Kier molecular flexibility index (Phi) is 5.64. The molecule has 0 aliphatic carbocycles. The van der Waals surface area contributed by atoms with E-state index < -0.39 is 0 Å². The highest BCUT2D eigenvalue weighted by molar-refractivity contribution is 4.70. The fraction of sp³-hybridized carbons (Fsp3) is 1.00. The van der Waals surface area contributed by atoms with Crippen molar-refractivity contribution in [3.8, 4) is 0 Å². The molecule has 1 aliphatic heterocycles. The number of hydrogen-bond acceptors (Lipinski definition) is 2. The smallest absolute Gasteiger partial charge is 0.0402 e. The van der Waals surface area contributed by atoms with Crippen LogP contribution >= 0.6 is 0 Å². The van der Waals surface area contributed by atoms with Gasteiger partial charge in [0, 0.05) is 12.6 Å². The first-order chi connectivity index (χ1) is 4.72. The number of aliphatic hydroxyl groups excluding tert-OH is 1. The molecule has 0 aromatic rings. The summed E-state index contributed by atoms with van der Waals surface area (Å²) in [6.45, 7) is 5.52. The lowest BCUT2D eigenvalue weighted by Crippen LogP contribution is -2.20. The normalized spacial score (nSPS) is 25.8. The Morgan fingerprint density at radius 3 is 2.20 bits per heavy atom. The molecule has 2 heteroatoms. The van der Waals surface area contributed by atoms with Gasteiger partial charge in [-0.05, 0) is 40.3 Å². The number of hydrogen-bond donors (Lipinski definition) is 1. The van der Waals surface area contributed by atoms with Crippen LogP contribution < -0.4 is 0 Å². The van der Waals surface area contributed by atoms with E-state index in [0.29, 0.717) is 0 Å². The predicted molar refractivity (Wildman–Crippen MR) is 44.1 cm³/mol. The standard InChI is InChI=1S/C6H13N.C2H6O/c1-6-4-3-5-7(6)2;1-2-3/h6H,3-5H2,1-2H3;3H,2H2,1H3/t6-;/m1./s1. The lowest BCUT2D eigenvalue weighted by molar-refractivity contribution is 0.318.